The highest BCUT2D eigenvalue weighted by Gasteiger charge is 2.12. The van der Waals surface area contributed by atoms with E-state index >= 15 is 0 Å². The highest BCUT2D eigenvalue weighted by atomic mass is 35.5. The van der Waals surface area contributed by atoms with Crippen LogP contribution in [0.1, 0.15) is 12.0 Å². The fraction of sp³-hybridized carbons (Fsp3) is 0.500. The van der Waals surface area contributed by atoms with Crippen molar-refractivity contribution in [2.45, 2.75) is 13.0 Å². The van der Waals surface area contributed by atoms with Crippen molar-refractivity contribution in [1.82, 2.24) is 10.2 Å². The average Bonchev–Trinajstić information content (AvgIpc) is 2.54. The van der Waals surface area contributed by atoms with Crippen LogP contribution < -0.4 is 5.32 Å². The molecule has 1 aromatic rings. The van der Waals surface area contributed by atoms with Crippen molar-refractivity contribution < 1.29 is 0 Å². The summed E-state index contributed by atoms with van der Waals surface area (Å²) in [6.07, 6.45) is 1.12. The van der Waals surface area contributed by atoms with Gasteiger partial charge in [-0.2, -0.15) is 0 Å². The summed E-state index contributed by atoms with van der Waals surface area (Å²) in [5, 5.41) is 5.87. The number of rotatable bonds is 2. The Morgan fingerprint density at radius 1 is 1.06 bits per heavy atom. The van der Waals surface area contributed by atoms with Crippen molar-refractivity contribution in [3.8, 4) is 0 Å². The molecule has 0 atom stereocenters. The SMILES string of the molecule is Clc1cc(CN2CCC[N]CC2)cc(Cl)c1Cl. The average molecular weight is 293 g/mol. The van der Waals surface area contributed by atoms with Gasteiger partial charge in [0.2, 0.25) is 0 Å². The molecule has 0 amide bonds. The van der Waals surface area contributed by atoms with Crippen LogP contribution in [0.2, 0.25) is 15.1 Å². The van der Waals surface area contributed by atoms with Crippen molar-refractivity contribution >= 4 is 34.8 Å². The molecule has 5 heteroatoms. The van der Waals surface area contributed by atoms with E-state index < -0.39 is 0 Å². The van der Waals surface area contributed by atoms with Crippen molar-refractivity contribution in [2.24, 2.45) is 0 Å². The Hall–Kier alpha value is 0.01000. The van der Waals surface area contributed by atoms with Gasteiger partial charge >= 0.3 is 0 Å². The largest absolute Gasteiger partial charge is 0.298 e. The lowest BCUT2D eigenvalue weighted by molar-refractivity contribution is 0.284. The van der Waals surface area contributed by atoms with E-state index in [0.29, 0.717) is 15.1 Å². The van der Waals surface area contributed by atoms with Crippen molar-refractivity contribution in [3.05, 3.63) is 32.8 Å². The summed E-state index contributed by atoms with van der Waals surface area (Å²) < 4.78 is 0. The van der Waals surface area contributed by atoms with Crippen LogP contribution in [0.15, 0.2) is 12.1 Å². The van der Waals surface area contributed by atoms with Gasteiger partial charge in [0.05, 0.1) is 15.1 Å². The summed E-state index contributed by atoms with van der Waals surface area (Å²) >= 11 is 18.0. The van der Waals surface area contributed by atoms with Crippen LogP contribution in [0.25, 0.3) is 0 Å². The van der Waals surface area contributed by atoms with E-state index in [1.807, 2.05) is 12.1 Å². The van der Waals surface area contributed by atoms with Crippen LogP contribution >= 0.6 is 34.8 Å². The molecule has 1 aliphatic rings. The molecule has 0 N–H and O–H groups in total. The van der Waals surface area contributed by atoms with E-state index in [4.69, 9.17) is 34.8 Å². The fourth-order valence-corrected chi connectivity index (χ4v) is 2.60. The van der Waals surface area contributed by atoms with Crippen LogP contribution in [-0.4, -0.2) is 31.1 Å². The van der Waals surface area contributed by atoms with Crippen molar-refractivity contribution in [2.75, 3.05) is 26.2 Å². The second kappa shape index (κ2) is 6.26. The van der Waals surface area contributed by atoms with Crippen LogP contribution in [0.3, 0.4) is 0 Å². The van der Waals surface area contributed by atoms with Crippen LogP contribution in [0.4, 0.5) is 0 Å². The molecule has 0 aliphatic carbocycles. The molecule has 0 bridgehead atoms. The Morgan fingerprint density at radius 3 is 2.47 bits per heavy atom. The second-order valence-electron chi connectivity index (χ2n) is 4.17. The summed E-state index contributed by atoms with van der Waals surface area (Å²) in [5.74, 6) is 0. The zero-order valence-corrected chi connectivity index (χ0v) is 11.7. The molecular weight excluding hydrogens is 279 g/mol. The number of benzene rings is 1. The highest BCUT2D eigenvalue weighted by molar-refractivity contribution is 6.48. The van der Waals surface area contributed by atoms with Gasteiger partial charge in [0.1, 0.15) is 0 Å². The van der Waals surface area contributed by atoms with E-state index in [1.165, 1.54) is 0 Å². The summed E-state index contributed by atoms with van der Waals surface area (Å²) in [6, 6.07) is 3.77. The second-order valence-corrected chi connectivity index (χ2v) is 5.37. The van der Waals surface area contributed by atoms with Gasteiger partial charge in [-0.25, -0.2) is 5.32 Å². The van der Waals surface area contributed by atoms with Crippen LogP contribution in [-0.2, 0) is 6.54 Å². The first kappa shape index (κ1) is 13.4. The minimum Gasteiger partial charge on any atom is -0.298 e. The van der Waals surface area contributed by atoms with Gasteiger partial charge in [-0.15, -0.1) is 0 Å². The fourth-order valence-electron chi connectivity index (χ4n) is 1.96. The van der Waals surface area contributed by atoms with E-state index in [2.05, 4.69) is 10.2 Å². The van der Waals surface area contributed by atoms with E-state index in [0.717, 1.165) is 44.7 Å². The molecule has 0 unspecified atom stereocenters. The number of nitrogens with zero attached hydrogens (tertiary/aromatic N) is 2. The minimum absolute atomic E-state index is 0.433. The summed E-state index contributed by atoms with van der Waals surface area (Å²) in [6.45, 7) is 4.80. The Morgan fingerprint density at radius 2 is 1.76 bits per heavy atom. The Balaban J connectivity index is 2.07. The lowest BCUT2D eigenvalue weighted by Gasteiger charge is -2.19. The lowest BCUT2D eigenvalue weighted by atomic mass is 10.2. The Bertz CT molecular complexity index is 364. The van der Waals surface area contributed by atoms with Gasteiger partial charge in [0.25, 0.3) is 0 Å². The maximum Gasteiger partial charge on any atom is 0.0778 e. The molecule has 1 heterocycles. The summed E-state index contributed by atoms with van der Waals surface area (Å²) in [4.78, 5) is 2.37. The van der Waals surface area contributed by atoms with E-state index in [9.17, 15) is 0 Å². The smallest absolute Gasteiger partial charge is 0.0778 e. The number of hydrogen-bond donors (Lipinski definition) is 0. The van der Waals surface area contributed by atoms with Gasteiger partial charge in [0.15, 0.2) is 0 Å². The first-order valence-electron chi connectivity index (χ1n) is 5.66. The molecule has 0 saturated carbocycles. The van der Waals surface area contributed by atoms with Crippen molar-refractivity contribution in [3.63, 3.8) is 0 Å². The van der Waals surface area contributed by atoms with Gasteiger partial charge in [-0.3, -0.25) is 4.90 Å². The quantitative estimate of drug-likeness (QED) is 0.763. The molecule has 17 heavy (non-hydrogen) atoms. The first-order valence-corrected chi connectivity index (χ1v) is 6.79. The monoisotopic (exact) mass is 291 g/mol. The van der Waals surface area contributed by atoms with Gasteiger partial charge in [-0.1, -0.05) is 34.8 Å². The summed E-state index contributed by atoms with van der Waals surface area (Å²) in [7, 11) is 0. The number of halogens is 3. The Labute approximate surface area is 117 Å². The highest BCUT2D eigenvalue weighted by Crippen LogP contribution is 2.31. The molecule has 1 aromatic carbocycles. The zero-order chi connectivity index (χ0) is 12.3. The molecule has 93 valence electrons. The van der Waals surface area contributed by atoms with E-state index in [-0.39, 0.29) is 0 Å². The maximum absolute atomic E-state index is 6.02. The number of hydrogen-bond acceptors (Lipinski definition) is 1. The first-order chi connectivity index (χ1) is 8.16. The zero-order valence-electron chi connectivity index (χ0n) is 9.43. The summed E-state index contributed by atoms with van der Waals surface area (Å²) in [5.41, 5.74) is 1.10. The Kier molecular flexibility index (Phi) is 4.95. The third kappa shape index (κ3) is 3.73. The maximum atomic E-state index is 6.02. The standard InChI is InChI=1S/C12H14Cl3N2/c13-10-6-9(7-11(14)12(10)15)8-17-4-1-2-16-3-5-17/h6-7H,1-5,8H2. The van der Waals surface area contributed by atoms with Gasteiger partial charge in [-0.05, 0) is 30.7 Å². The predicted octanol–water partition coefficient (Wildman–Crippen LogP) is 3.46. The lowest BCUT2D eigenvalue weighted by Crippen LogP contribution is -2.26. The van der Waals surface area contributed by atoms with Gasteiger partial charge < -0.3 is 0 Å². The molecule has 1 radical (unpaired) electrons. The van der Waals surface area contributed by atoms with Crippen LogP contribution in [0.5, 0.6) is 0 Å². The topological polar surface area (TPSA) is 17.3 Å². The van der Waals surface area contributed by atoms with Crippen LogP contribution in [0, 0.1) is 0 Å². The molecule has 1 fully saturated rings. The molecule has 2 nitrogen and oxygen atoms in total. The van der Waals surface area contributed by atoms with E-state index in [1.54, 1.807) is 0 Å². The molecule has 1 saturated heterocycles. The molecule has 1 aliphatic heterocycles. The molecule has 2 rings (SSSR count). The molecule has 0 spiro atoms. The molecule has 0 aromatic heterocycles. The molecular formula is C12H14Cl3N2. The third-order valence-electron chi connectivity index (χ3n) is 2.81. The third-order valence-corrected chi connectivity index (χ3v) is 4.01. The van der Waals surface area contributed by atoms with Crippen molar-refractivity contribution in [1.29, 1.82) is 0 Å². The minimum atomic E-state index is 0.433. The normalized spacial score (nSPS) is 18.1. The predicted molar refractivity (Wildman–Crippen MR) is 73.2 cm³/mol. The van der Waals surface area contributed by atoms with Gasteiger partial charge in [0, 0.05) is 26.2 Å².